The molecule has 1 aromatic carbocycles. The van der Waals surface area contributed by atoms with Gasteiger partial charge in [0, 0.05) is 6.54 Å². The Morgan fingerprint density at radius 2 is 1.81 bits per heavy atom. The van der Waals surface area contributed by atoms with Crippen LogP contribution in [0.1, 0.15) is 69.6 Å². The van der Waals surface area contributed by atoms with E-state index in [4.69, 9.17) is 0 Å². The lowest BCUT2D eigenvalue weighted by Crippen LogP contribution is -2.34. The molecule has 1 atom stereocenters. The predicted molar refractivity (Wildman–Crippen MR) is 92.7 cm³/mol. The minimum Gasteiger partial charge on any atom is -0.299 e. The maximum Gasteiger partial charge on any atom is 0.0236 e. The first-order valence-electron chi connectivity index (χ1n) is 8.83. The van der Waals surface area contributed by atoms with E-state index < -0.39 is 0 Å². The monoisotopic (exact) mass is 287 g/mol. The Labute approximate surface area is 131 Å². The van der Waals surface area contributed by atoms with Crippen molar-refractivity contribution < 1.29 is 0 Å². The number of benzene rings is 1. The molecular weight excluding hydrogens is 254 g/mol. The summed E-state index contributed by atoms with van der Waals surface area (Å²) in [6, 6.07) is 7.09. The second-order valence-electron chi connectivity index (χ2n) is 7.35. The summed E-state index contributed by atoms with van der Waals surface area (Å²) in [7, 11) is 0. The number of hydrogen-bond donors (Lipinski definition) is 0. The summed E-state index contributed by atoms with van der Waals surface area (Å²) in [5.41, 5.74) is 4.50. The molecule has 1 fully saturated rings. The van der Waals surface area contributed by atoms with Crippen molar-refractivity contribution in [2.75, 3.05) is 13.1 Å². The van der Waals surface area contributed by atoms with Gasteiger partial charge in [0.05, 0.1) is 0 Å². The van der Waals surface area contributed by atoms with E-state index >= 15 is 0 Å². The van der Waals surface area contributed by atoms with Crippen LogP contribution >= 0.6 is 0 Å². The van der Waals surface area contributed by atoms with Gasteiger partial charge in [-0.15, -0.1) is 0 Å². The topological polar surface area (TPSA) is 3.24 Å². The van der Waals surface area contributed by atoms with E-state index in [1.165, 1.54) is 49.0 Å². The molecule has 1 nitrogen and oxygen atoms in total. The molecule has 0 aliphatic carbocycles. The third kappa shape index (κ3) is 4.32. The molecule has 0 spiro atoms. The van der Waals surface area contributed by atoms with E-state index in [-0.39, 0.29) is 0 Å². The summed E-state index contributed by atoms with van der Waals surface area (Å²) in [5.74, 6) is 2.47. The van der Waals surface area contributed by atoms with Crippen molar-refractivity contribution in [2.45, 2.75) is 66.3 Å². The lowest BCUT2D eigenvalue weighted by atomic mass is 9.86. The summed E-state index contributed by atoms with van der Waals surface area (Å²) in [6.45, 7) is 15.3. The zero-order valence-electron chi connectivity index (χ0n) is 14.7. The first kappa shape index (κ1) is 16.5. The van der Waals surface area contributed by atoms with Crippen molar-refractivity contribution in [1.29, 1.82) is 0 Å². The second kappa shape index (κ2) is 7.45. The molecule has 2 rings (SSSR count). The molecule has 21 heavy (non-hydrogen) atoms. The van der Waals surface area contributed by atoms with E-state index in [2.05, 4.69) is 57.7 Å². The molecule has 1 aliphatic heterocycles. The normalized spacial score (nSPS) is 19.1. The number of likely N-dealkylation sites (tertiary alicyclic amines) is 1. The molecule has 1 heteroatoms. The van der Waals surface area contributed by atoms with Crippen LogP contribution in [-0.2, 0) is 6.54 Å². The molecule has 1 aromatic rings. The molecule has 118 valence electrons. The van der Waals surface area contributed by atoms with Crippen LogP contribution in [0.3, 0.4) is 0 Å². The van der Waals surface area contributed by atoms with E-state index in [0.717, 1.165) is 18.4 Å². The molecule has 0 amide bonds. The molecule has 1 unspecified atom stereocenters. The number of hydrogen-bond acceptors (Lipinski definition) is 1. The summed E-state index contributed by atoms with van der Waals surface area (Å²) < 4.78 is 0. The number of rotatable bonds is 5. The molecule has 1 aliphatic rings. The Morgan fingerprint density at radius 3 is 2.38 bits per heavy atom. The van der Waals surface area contributed by atoms with Gasteiger partial charge in [-0.2, -0.15) is 0 Å². The average Bonchev–Trinajstić information content (AvgIpc) is 2.49. The maximum atomic E-state index is 2.65. The highest BCUT2D eigenvalue weighted by atomic mass is 15.1. The van der Waals surface area contributed by atoms with Crippen molar-refractivity contribution in [3.63, 3.8) is 0 Å². The van der Waals surface area contributed by atoms with Crippen LogP contribution in [0.2, 0.25) is 0 Å². The Kier molecular flexibility index (Phi) is 5.87. The molecule has 0 N–H and O–H groups in total. The fourth-order valence-electron chi connectivity index (χ4n) is 3.42. The van der Waals surface area contributed by atoms with E-state index in [1.54, 1.807) is 0 Å². The van der Waals surface area contributed by atoms with Gasteiger partial charge in [-0.25, -0.2) is 0 Å². The van der Waals surface area contributed by atoms with Crippen molar-refractivity contribution >= 4 is 0 Å². The lowest BCUT2D eigenvalue weighted by molar-refractivity contribution is 0.151. The van der Waals surface area contributed by atoms with Crippen LogP contribution < -0.4 is 0 Å². The number of nitrogens with zero attached hydrogens (tertiary/aromatic N) is 1. The smallest absolute Gasteiger partial charge is 0.0236 e. The van der Waals surface area contributed by atoms with Gasteiger partial charge in [-0.1, -0.05) is 45.9 Å². The predicted octanol–water partition coefficient (Wildman–Crippen LogP) is 5.38. The quantitative estimate of drug-likeness (QED) is 0.703. The molecule has 1 heterocycles. The standard InChI is InChI=1S/C20H33N/c1-6-16(4)19-8-7-17(5)20(13-19)14-21-11-9-18(10-12-21)15(2)3/h7-8,13,15-16,18H,6,9-12,14H2,1-5H3. The van der Waals surface area contributed by atoms with Crippen molar-refractivity contribution in [1.82, 2.24) is 4.90 Å². The van der Waals surface area contributed by atoms with E-state index in [0.29, 0.717) is 5.92 Å². The molecule has 0 radical (unpaired) electrons. The van der Waals surface area contributed by atoms with Gasteiger partial charge in [0.15, 0.2) is 0 Å². The second-order valence-corrected chi connectivity index (χ2v) is 7.35. The largest absolute Gasteiger partial charge is 0.299 e. The van der Waals surface area contributed by atoms with Crippen LogP contribution in [0.4, 0.5) is 0 Å². The molecule has 0 aromatic heterocycles. The van der Waals surface area contributed by atoms with Gasteiger partial charge in [-0.3, -0.25) is 4.90 Å². The summed E-state index contributed by atoms with van der Waals surface area (Å²) in [4.78, 5) is 2.65. The van der Waals surface area contributed by atoms with Crippen LogP contribution in [0, 0.1) is 18.8 Å². The number of aryl methyl sites for hydroxylation is 1. The van der Waals surface area contributed by atoms with Crippen LogP contribution in [0.5, 0.6) is 0 Å². The van der Waals surface area contributed by atoms with Crippen molar-refractivity contribution in [3.8, 4) is 0 Å². The third-order valence-electron chi connectivity index (χ3n) is 5.52. The van der Waals surface area contributed by atoms with Crippen LogP contribution in [0.15, 0.2) is 18.2 Å². The Balaban J connectivity index is 2.00. The van der Waals surface area contributed by atoms with Gasteiger partial charge in [0.2, 0.25) is 0 Å². The van der Waals surface area contributed by atoms with Crippen LogP contribution in [0.25, 0.3) is 0 Å². The molecule has 0 bridgehead atoms. The van der Waals surface area contributed by atoms with E-state index in [9.17, 15) is 0 Å². The SMILES string of the molecule is CCC(C)c1ccc(C)c(CN2CCC(C(C)C)CC2)c1. The minimum atomic E-state index is 0.677. The summed E-state index contributed by atoms with van der Waals surface area (Å²) in [5, 5.41) is 0. The third-order valence-corrected chi connectivity index (χ3v) is 5.52. The van der Waals surface area contributed by atoms with E-state index in [1.807, 2.05) is 0 Å². The first-order valence-corrected chi connectivity index (χ1v) is 8.83. The molecular formula is C20H33N. The van der Waals surface area contributed by atoms with Crippen LogP contribution in [-0.4, -0.2) is 18.0 Å². The fraction of sp³-hybridized carbons (Fsp3) is 0.700. The minimum absolute atomic E-state index is 0.677. The first-order chi connectivity index (χ1) is 10.0. The lowest BCUT2D eigenvalue weighted by Gasteiger charge is -2.34. The number of piperidine rings is 1. The van der Waals surface area contributed by atoms with Crippen molar-refractivity contribution in [2.24, 2.45) is 11.8 Å². The zero-order chi connectivity index (χ0) is 15.4. The highest BCUT2D eigenvalue weighted by Gasteiger charge is 2.21. The van der Waals surface area contributed by atoms with Gasteiger partial charge in [0.25, 0.3) is 0 Å². The summed E-state index contributed by atoms with van der Waals surface area (Å²) in [6.07, 6.45) is 3.98. The van der Waals surface area contributed by atoms with Crippen molar-refractivity contribution in [3.05, 3.63) is 34.9 Å². The highest BCUT2D eigenvalue weighted by Crippen LogP contribution is 2.27. The van der Waals surface area contributed by atoms with Gasteiger partial charge in [0.1, 0.15) is 0 Å². The maximum absolute atomic E-state index is 2.65. The Hall–Kier alpha value is -0.820. The van der Waals surface area contributed by atoms with Gasteiger partial charge < -0.3 is 0 Å². The van der Waals surface area contributed by atoms with Gasteiger partial charge >= 0.3 is 0 Å². The average molecular weight is 287 g/mol. The Bertz CT molecular complexity index is 441. The highest BCUT2D eigenvalue weighted by molar-refractivity contribution is 5.32. The Morgan fingerprint density at radius 1 is 1.14 bits per heavy atom. The summed E-state index contributed by atoms with van der Waals surface area (Å²) >= 11 is 0. The fourth-order valence-corrected chi connectivity index (χ4v) is 3.42. The zero-order valence-corrected chi connectivity index (χ0v) is 14.7. The molecule has 1 saturated heterocycles. The molecule has 0 saturated carbocycles. The van der Waals surface area contributed by atoms with Gasteiger partial charge in [-0.05, 0) is 73.7 Å².